The number of aryl methyl sites for hydroxylation is 1. The van der Waals surface area contributed by atoms with Crippen LogP contribution in [-0.2, 0) is 13.1 Å². The van der Waals surface area contributed by atoms with Crippen LogP contribution in [0.25, 0.3) is 0 Å². The van der Waals surface area contributed by atoms with E-state index in [-0.39, 0.29) is 16.7 Å². The van der Waals surface area contributed by atoms with Gasteiger partial charge in [0, 0.05) is 48.7 Å². The molecular formula is C19H19N3O3. The highest BCUT2D eigenvalue weighted by Crippen LogP contribution is 2.34. The first kappa shape index (κ1) is 15.7. The minimum atomic E-state index is -0.303. The number of furan rings is 1. The molecule has 25 heavy (non-hydrogen) atoms. The minimum absolute atomic E-state index is 0.0241. The van der Waals surface area contributed by atoms with Crippen LogP contribution in [0, 0.1) is 10.1 Å². The topological polar surface area (TPSA) is 64.5 Å². The average Bonchev–Trinajstić information content (AvgIpc) is 3.26. The maximum absolute atomic E-state index is 11.4. The van der Waals surface area contributed by atoms with Crippen LogP contribution < -0.4 is 0 Å². The fourth-order valence-electron chi connectivity index (χ4n) is 3.66. The molecule has 0 saturated heterocycles. The van der Waals surface area contributed by atoms with E-state index >= 15 is 0 Å². The van der Waals surface area contributed by atoms with Gasteiger partial charge in [-0.05, 0) is 24.6 Å². The lowest BCUT2D eigenvalue weighted by atomic mass is 10.0. The second kappa shape index (κ2) is 6.57. The Labute approximate surface area is 145 Å². The Bertz CT molecular complexity index is 870. The number of para-hydroxylation sites is 1. The van der Waals surface area contributed by atoms with Gasteiger partial charge in [0.25, 0.3) is 5.69 Å². The third-order valence-electron chi connectivity index (χ3n) is 4.77. The van der Waals surface area contributed by atoms with E-state index in [1.807, 2.05) is 18.2 Å². The van der Waals surface area contributed by atoms with Crippen molar-refractivity contribution in [2.24, 2.45) is 0 Å². The van der Waals surface area contributed by atoms with Gasteiger partial charge < -0.3 is 8.98 Å². The van der Waals surface area contributed by atoms with Crippen LogP contribution in [-0.4, -0.2) is 20.9 Å². The van der Waals surface area contributed by atoms with Crippen LogP contribution >= 0.6 is 0 Å². The Kier molecular flexibility index (Phi) is 4.11. The molecule has 3 aromatic rings. The fraction of sp³-hybridized carbons (Fsp3) is 0.263. The van der Waals surface area contributed by atoms with Crippen LogP contribution in [0.2, 0.25) is 0 Å². The second-order valence-electron chi connectivity index (χ2n) is 6.30. The Balaban J connectivity index is 1.74. The van der Waals surface area contributed by atoms with Gasteiger partial charge in [0.15, 0.2) is 0 Å². The van der Waals surface area contributed by atoms with Crippen LogP contribution in [0.15, 0.2) is 65.6 Å². The molecule has 0 bridgehead atoms. The maximum Gasteiger partial charge on any atom is 0.273 e. The summed E-state index contributed by atoms with van der Waals surface area (Å²) in [5.41, 5.74) is 3.17. The zero-order valence-electron chi connectivity index (χ0n) is 13.7. The van der Waals surface area contributed by atoms with Crippen molar-refractivity contribution in [2.75, 3.05) is 6.54 Å². The molecule has 0 spiro atoms. The molecule has 1 aromatic carbocycles. The lowest BCUT2D eigenvalue weighted by Gasteiger charge is -2.29. The lowest BCUT2D eigenvalue weighted by molar-refractivity contribution is -0.385. The third-order valence-corrected chi connectivity index (χ3v) is 4.77. The number of fused-ring (bicyclic) bond motifs is 1. The van der Waals surface area contributed by atoms with Gasteiger partial charge in [0.2, 0.25) is 0 Å². The number of hydrogen-bond donors (Lipinski definition) is 0. The van der Waals surface area contributed by atoms with Gasteiger partial charge in [-0.15, -0.1) is 0 Å². The molecule has 1 aliphatic heterocycles. The Morgan fingerprint density at radius 3 is 2.84 bits per heavy atom. The van der Waals surface area contributed by atoms with Crippen molar-refractivity contribution in [3.8, 4) is 0 Å². The summed E-state index contributed by atoms with van der Waals surface area (Å²) in [6, 6.07) is 13.2. The molecule has 2 aromatic heterocycles. The first-order valence-corrected chi connectivity index (χ1v) is 8.37. The van der Waals surface area contributed by atoms with Gasteiger partial charge in [0.1, 0.15) is 0 Å². The molecule has 0 aliphatic carbocycles. The highest BCUT2D eigenvalue weighted by atomic mass is 16.6. The van der Waals surface area contributed by atoms with Crippen molar-refractivity contribution in [3.63, 3.8) is 0 Å². The van der Waals surface area contributed by atoms with E-state index in [4.69, 9.17) is 4.42 Å². The van der Waals surface area contributed by atoms with Crippen molar-refractivity contribution >= 4 is 5.69 Å². The first-order chi connectivity index (χ1) is 12.2. The minimum Gasteiger partial charge on any atom is -0.472 e. The second-order valence-corrected chi connectivity index (χ2v) is 6.30. The highest BCUT2D eigenvalue weighted by molar-refractivity contribution is 5.40. The predicted molar refractivity (Wildman–Crippen MR) is 93.1 cm³/mol. The maximum atomic E-state index is 11.4. The van der Waals surface area contributed by atoms with Crippen molar-refractivity contribution < 1.29 is 9.34 Å². The van der Waals surface area contributed by atoms with E-state index in [2.05, 4.69) is 27.8 Å². The zero-order chi connectivity index (χ0) is 17.2. The Morgan fingerprint density at radius 2 is 2.04 bits per heavy atom. The molecule has 0 radical (unpaired) electrons. The molecule has 1 unspecified atom stereocenters. The SMILES string of the molecule is O=[N+]([O-])c1ccccc1CN1CCCn2cccc2C1c1ccoc1. The quantitative estimate of drug-likeness (QED) is 0.533. The number of rotatable bonds is 4. The fourth-order valence-corrected chi connectivity index (χ4v) is 3.66. The zero-order valence-corrected chi connectivity index (χ0v) is 13.7. The largest absolute Gasteiger partial charge is 0.472 e. The van der Waals surface area contributed by atoms with Gasteiger partial charge in [0.05, 0.1) is 23.5 Å². The van der Waals surface area contributed by atoms with Gasteiger partial charge in [-0.1, -0.05) is 18.2 Å². The monoisotopic (exact) mass is 337 g/mol. The molecule has 0 fully saturated rings. The number of nitro groups is 1. The molecular weight excluding hydrogens is 318 g/mol. The molecule has 6 heteroatoms. The van der Waals surface area contributed by atoms with Crippen LogP contribution in [0.4, 0.5) is 5.69 Å². The van der Waals surface area contributed by atoms with E-state index in [1.54, 1.807) is 24.7 Å². The Hall–Kier alpha value is -2.86. The van der Waals surface area contributed by atoms with Crippen molar-refractivity contribution in [2.45, 2.75) is 25.6 Å². The summed E-state index contributed by atoms with van der Waals surface area (Å²) in [5.74, 6) is 0. The Morgan fingerprint density at radius 1 is 1.16 bits per heavy atom. The van der Waals surface area contributed by atoms with E-state index < -0.39 is 0 Å². The molecule has 6 nitrogen and oxygen atoms in total. The summed E-state index contributed by atoms with van der Waals surface area (Å²) in [4.78, 5) is 13.4. The van der Waals surface area contributed by atoms with Gasteiger partial charge in [-0.2, -0.15) is 0 Å². The molecule has 4 rings (SSSR count). The molecule has 0 amide bonds. The average molecular weight is 337 g/mol. The standard InChI is InChI=1S/C19H19N3O3/c23-22(24)17-6-2-1-5-15(17)13-21-11-4-10-20-9-3-7-18(20)19(21)16-8-12-25-14-16/h1-3,5-9,12,14,19H,4,10-11,13H2. The van der Waals surface area contributed by atoms with Gasteiger partial charge in [-0.3, -0.25) is 15.0 Å². The summed E-state index contributed by atoms with van der Waals surface area (Å²) >= 11 is 0. The summed E-state index contributed by atoms with van der Waals surface area (Å²) in [6.45, 7) is 2.34. The highest BCUT2D eigenvalue weighted by Gasteiger charge is 2.29. The molecule has 0 saturated carbocycles. The van der Waals surface area contributed by atoms with Gasteiger partial charge >= 0.3 is 0 Å². The summed E-state index contributed by atoms with van der Waals surface area (Å²) in [6.07, 6.45) is 6.53. The normalized spacial score (nSPS) is 17.8. The number of benzene rings is 1. The van der Waals surface area contributed by atoms with E-state index in [0.717, 1.165) is 30.6 Å². The molecule has 3 heterocycles. The molecule has 1 aliphatic rings. The van der Waals surface area contributed by atoms with E-state index in [1.165, 1.54) is 5.69 Å². The summed E-state index contributed by atoms with van der Waals surface area (Å²) in [7, 11) is 0. The third kappa shape index (κ3) is 2.96. The molecule has 128 valence electrons. The van der Waals surface area contributed by atoms with Gasteiger partial charge in [-0.25, -0.2) is 0 Å². The predicted octanol–water partition coefficient (Wildman–Crippen LogP) is 3.98. The van der Waals surface area contributed by atoms with E-state index in [0.29, 0.717) is 6.54 Å². The van der Waals surface area contributed by atoms with Crippen molar-refractivity contribution in [1.82, 2.24) is 9.47 Å². The van der Waals surface area contributed by atoms with Crippen LogP contribution in [0.5, 0.6) is 0 Å². The van der Waals surface area contributed by atoms with Crippen LogP contribution in [0.1, 0.15) is 29.3 Å². The van der Waals surface area contributed by atoms with Crippen molar-refractivity contribution in [3.05, 3.63) is 88.1 Å². The first-order valence-electron chi connectivity index (χ1n) is 8.37. The van der Waals surface area contributed by atoms with Crippen molar-refractivity contribution in [1.29, 1.82) is 0 Å². The smallest absolute Gasteiger partial charge is 0.273 e. The summed E-state index contributed by atoms with van der Waals surface area (Å²) < 4.78 is 7.58. The van der Waals surface area contributed by atoms with Crippen LogP contribution in [0.3, 0.4) is 0 Å². The van der Waals surface area contributed by atoms with E-state index in [9.17, 15) is 10.1 Å². The summed E-state index contributed by atoms with van der Waals surface area (Å²) in [5, 5.41) is 11.4. The number of nitrogens with zero attached hydrogens (tertiary/aromatic N) is 3. The molecule has 0 N–H and O–H groups in total. The lowest BCUT2D eigenvalue weighted by Crippen LogP contribution is -2.29. The molecule has 1 atom stereocenters. The number of hydrogen-bond acceptors (Lipinski definition) is 4. The number of nitro benzene ring substituents is 1. The number of aromatic nitrogens is 1.